The predicted octanol–water partition coefficient (Wildman–Crippen LogP) is 2.68. The summed E-state index contributed by atoms with van der Waals surface area (Å²) < 4.78 is 0. The van der Waals surface area contributed by atoms with Crippen molar-refractivity contribution in [2.75, 3.05) is 45.8 Å². The Hall–Kier alpha value is -0.570. The molecular weight excluding hydrogens is 465 g/mol. The van der Waals surface area contributed by atoms with E-state index in [4.69, 9.17) is 4.99 Å². The average molecular weight is 505 g/mol. The number of piperazine rings is 1. The highest BCUT2D eigenvalue weighted by Gasteiger charge is 2.31. The molecule has 0 spiro atoms. The number of carbonyl (C=O) groups is 1. The monoisotopic (exact) mass is 505 g/mol. The first-order valence-corrected chi connectivity index (χ1v) is 11.2. The molecule has 162 valence electrons. The van der Waals surface area contributed by atoms with E-state index in [2.05, 4.69) is 34.3 Å². The van der Waals surface area contributed by atoms with E-state index in [1.54, 1.807) is 0 Å². The Bertz CT molecular complexity index is 503. The van der Waals surface area contributed by atoms with Crippen molar-refractivity contribution in [3.63, 3.8) is 0 Å². The fraction of sp³-hybridized carbons (Fsp3) is 0.905. The van der Waals surface area contributed by atoms with E-state index in [1.165, 1.54) is 32.1 Å². The molecule has 0 aromatic rings. The number of halogens is 1. The van der Waals surface area contributed by atoms with Crippen molar-refractivity contribution in [3.05, 3.63) is 0 Å². The van der Waals surface area contributed by atoms with Crippen molar-refractivity contribution < 1.29 is 4.79 Å². The quantitative estimate of drug-likeness (QED) is 0.331. The van der Waals surface area contributed by atoms with Gasteiger partial charge in [-0.3, -0.25) is 14.7 Å². The molecule has 0 aromatic carbocycles. The molecule has 3 fully saturated rings. The maximum Gasteiger partial charge on any atom is 0.225 e. The number of rotatable bonds is 6. The average Bonchev–Trinajstić information content (AvgIpc) is 2.61. The Morgan fingerprint density at radius 1 is 1.07 bits per heavy atom. The van der Waals surface area contributed by atoms with Crippen LogP contribution in [0, 0.1) is 11.8 Å². The number of nitrogens with one attached hydrogen (secondary N) is 2. The lowest BCUT2D eigenvalue weighted by molar-refractivity contribution is -0.139. The lowest BCUT2D eigenvalue weighted by Gasteiger charge is -2.38. The van der Waals surface area contributed by atoms with Gasteiger partial charge >= 0.3 is 0 Å². The van der Waals surface area contributed by atoms with Gasteiger partial charge in [-0.1, -0.05) is 26.2 Å². The summed E-state index contributed by atoms with van der Waals surface area (Å²) in [5.41, 5.74) is 0. The topological polar surface area (TPSA) is 60.0 Å². The highest BCUT2D eigenvalue weighted by atomic mass is 127. The van der Waals surface area contributed by atoms with E-state index in [0.29, 0.717) is 17.9 Å². The van der Waals surface area contributed by atoms with E-state index in [-0.39, 0.29) is 24.0 Å². The zero-order valence-electron chi connectivity index (χ0n) is 17.8. The number of nitrogens with zero attached hydrogens (tertiary/aromatic N) is 3. The second kappa shape index (κ2) is 12.2. The van der Waals surface area contributed by atoms with Gasteiger partial charge in [-0.15, -0.1) is 24.0 Å². The van der Waals surface area contributed by atoms with E-state index < -0.39 is 0 Å². The number of hydrogen-bond donors (Lipinski definition) is 2. The zero-order chi connectivity index (χ0) is 19.1. The number of carbonyl (C=O) groups excluding carboxylic acids is 1. The van der Waals surface area contributed by atoms with Crippen molar-refractivity contribution in [1.29, 1.82) is 0 Å². The second-order valence-corrected chi connectivity index (χ2v) is 8.67. The molecule has 2 N–H and O–H groups in total. The van der Waals surface area contributed by atoms with Crippen molar-refractivity contribution in [2.24, 2.45) is 16.8 Å². The molecule has 2 unspecified atom stereocenters. The zero-order valence-corrected chi connectivity index (χ0v) is 20.1. The van der Waals surface area contributed by atoms with Gasteiger partial charge in [-0.2, -0.15) is 0 Å². The molecule has 2 atom stereocenters. The summed E-state index contributed by atoms with van der Waals surface area (Å²) in [7, 11) is 0. The first-order chi connectivity index (χ1) is 13.2. The normalized spacial score (nSPS) is 26.9. The van der Waals surface area contributed by atoms with Gasteiger partial charge < -0.3 is 15.5 Å². The summed E-state index contributed by atoms with van der Waals surface area (Å²) in [5, 5.41) is 7.04. The highest BCUT2D eigenvalue weighted by molar-refractivity contribution is 14.0. The summed E-state index contributed by atoms with van der Waals surface area (Å²) >= 11 is 0. The minimum atomic E-state index is 0. The molecule has 0 radical (unpaired) electrons. The summed E-state index contributed by atoms with van der Waals surface area (Å²) in [5.74, 6) is 2.52. The van der Waals surface area contributed by atoms with Crippen LogP contribution < -0.4 is 10.6 Å². The van der Waals surface area contributed by atoms with Gasteiger partial charge in [-0.05, 0) is 38.5 Å². The maximum absolute atomic E-state index is 12.3. The van der Waals surface area contributed by atoms with Crippen LogP contribution in [0.2, 0.25) is 0 Å². The Morgan fingerprint density at radius 3 is 2.39 bits per heavy atom. The minimum Gasteiger partial charge on any atom is -0.357 e. The Kier molecular flexibility index (Phi) is 10.3. The van der Waals surface area contributed by atoms with Crippen LogP contribution in [-0.4, -0.2) is 73.5 Å². The molecule has 1 aliphatic heterocycles. The van der Waals surface area contributed by atoms with E-state index in [1.807, 2.05) is 0 Å². The molecule has 3 aliphatic rings. The minimum absolute atomic E-state index is 0. The third-order valence-corrected chi connectivity index (χ3v) is 6.45. The van der Waals surface area contributed by atoms with Crippen LogP contribution in [-0.2, 0) is 4.79 Å². The van der Waals surface area contributed by atoms with Gasteiger partial charge in [0.05, 0.1) is 6.54 Å². The van der Waals surface area contributed by atoms with Gasteiger partial charge in [0.15, 0.2) is 5.96 Å². The first kappa shape index (κ1) is 23.7. The van der Waals surface area contributed by atoms with Crippen LogP contribution >= 0.6 is 24.0 Å². The van der Waals surface area contributed by atoms with Crippen LogP contribution in [0.25, 0.3) is 0 Å². The maximum atomic E-state index is 12.3. The number of hydrogen-bond acceptors (Lipinski definition) is 3. The van der Waals surface area contributed by atoms with Crippen molar-refractivity contribution in [1.82, 2.24) is 20.4 Å². The van der Waals surface area contributed by atoms with Crippen LogP contribution in [0.1, 0.15) is 58.8 Å². The fourth-order valence-electron chi connectivity index (χ4n) is 4.49. The standard InChI is InChI=1S/C21H39N5O.HI/c1-3-22-21(24-19-9-4-6-17(2)16-19)23-10-11-25-12-14-26(15-13-25)20(27)18-7-5-8-18;/h17-19H,3-16H2,1-2H3,(H2,22,23,24);1H. The molecule has 0 aromatic heterocycles. The number of guanidine groups is 1. The van der Waals surface area contributed by atoms with Gasteiger partial charge in [-0.25, -0.2) is 0 Å². The van der Waals surface area contributed by atoms with Crippen molar-refractivity contribution in [3.8, 4) is 0 Å². The Balaban J connectivity index is 0.00000280. The first-order valence-electron chi connectivity index (χ1n) is 11.2. The van der Waals surface area contributed by atoms with E-state index in [9.17, 15) is 4.79 Å². The fourth-order valence-corrected chi connectivity index (χ4v) is 4.49. The lowest BCUT2D eigenvalue weighted by Crippen LogP contribution is -2.51. The molecule has 1 heterocycles. The third kappa shape index (κ3) is 7.04. The predicted molar refractivity (Wildman–Crippen MR) is 126 cm³/mol. The summed E-state index contributed by atoms with van der Waals surface area (Å²) in [6.07, 6.45) is 8.63. The van der Waals surface area contributed by atoms with E-state index in [0.717, 1.165) is 70.5 Å². The molecule has 0 bridgehead atoms. The Labute approximate surface area is 188 Å². The second-order valence-electron chi connectivity index (χ2n) is 8.67. The van der Waals surface area contributed by atoms with Gasteiger partial charge in [0.25, 0.3) is 0 Å². The van der Waals surface area contributed by atoms with Crippen LogP contribution in [0.15, 0.2) is 4.99 Å². The van der Waals surface area contributed by atoms with Crippen molar-refractivity contribution in [2.45, 2.75) is 64.8 Å². The summed E-state index contributed by atoms with van der Waals surface area (Å²) in [4.78, 5) is 21.7. The molecule has 6 nitrogen and oxygen atoms in total. The van der Waals surface area contributed by atoms with Crippen LogP contribution in [0.4, 0.5) is 0 Å². The molecular formula is C21H40IN5O. The number of amides is 1. The van der Waals surface area contributed by atoms with Crippen molar-refractivity contribution >= 4 is 35.8 Å². The molecule has 7 heteroatoms. The number of aliphatic imine (C=N–C) groups is 1. The third-order valence-electron chi connectivity index (χ3n) is 6.45. The van der Waals surface area contributed by atoms with E-state index >= 15 is 0 Å². The molecule has 1 saturated heterocycles. The van der Waals surface area contributed by atoms with Crippen LogP contribution in [0.5, 0.6) is 0 Å². The van der Waals surface area contributed by atoms with Gasteiger partial charge in [0.2, 0.25) is 5.91 Å². The molecule has 28 heavy (non-hydrogen) atoms. The van der Waals surface area contributed by atoms with Gasteiger partial charge in [0, 0.05) is 51.2 Å². The van der Waals surface area contributed by atoms with Gasteiger partial charge in [0.1, 0.15) is 0 Å². The molecule has 1 amide bonds. The van der Waals surface area contributed by atoms with Crippen LogP contribution in [0.3, 0.4) is 0 Å². The molecule has 3 rings (SSSR count). The summed E-state index contributed by atoms with van der Waals surface area (Å²) in [6, 6.07) is 0.563. The lowest BCUT2D eigenvalue weighted by atomic mass is 9.84. The smallest absolute Gasteiger partial charge is 0.225 e. The Morgan fingerprint density at radius 2 is 1.79 bits per heavy atom. The molecule has 2 saturated carbocycles. The highest BCUT2D eigenvalue weighted by Crippen LogP contribution is 2.28. The largest absolute Gasteiger partial charge is 0.357 e. The molecule has 2 aliphatic carbocycles. The summed E-state index contributed by atoms with van der Waals surface area (Å²) in [6.45, 7) is 10.9. The SMILES string of the molecule is CCNC(=NCCN1CCN(C(=O)C2CCC2)CC1)NC1CCCC(C)C1.I.